The van der Waals surface area contributed by atoms with Gasteiger partial charge in [0.15, 0.2) is 0 Å². The Labute approximate surface area is 110 Å². The molecule has 0 aliphatic rings. The zero-order valence-electron chi connectivity index (χ0n) is 9.41. The molecule has 9 heteroatoms. The van der Waals surface area contributed by atoms with Gasteiger partial charge in [0.05, 0.1) is 11.1 Å². The van der Waals surface area contributed by atoms with Crippen molar-refractivity contribution < 1.29 is 9.31 Å². The summed E-state index contributed by atoms with van der Waals surface area (Å²) >= 11 is 1.23. The summed E-state index contributed by atoms with van der Waals surface area (Å²) in [5.74, 6) is -0.251. The molecule has 19 heavy (non-hydrogen) atoms. The van der Waals surface area contributed by atoms with E-state index in [-0.39, 0.29) is 11.3 Å². The maximum absolute atomic E-state index is 13.4. The molecule has 1 aromatic heterocycles. The molecule has 0 radical (unpaired) electrons. The molecule has 0 fully saturated rings. The standard InChI is InChI=1S/C10H8FN5O2S/c11-8-2-1-7(16(17)18)3-6(8)4-13-15-10-14-9(12)5-19-10/h1-5H,12H2,(H,14,15). The van der Waals surface area contributed by atoms with E-state index in [0.717, 1.165) is 24.4 Å². The average molecular weight is 281 g/mol. The quantitative estimate of drug-likeness (QED) is 0.507. The number of hydrogen-bond acceptors (Lipinski definition) is 7. The SMILES string of the molecule is Nc1csc(NN=Cc2cc([N+](=O)[O-])ccc2F)n1. The fourth-order valence-electron chi connectivity index (χ4n) is 1.24. The first kappa shape index (κ1) is 12.9. The largest absolute Gasteiger partial charge is 0.383 e. The molecule has 0 spiro atoms. The Hall–Kier alpha value is -2.55. The summed E-state index contributed by atoms with van der Waals surface area (Å²) in [6.45, 7) is 0. The first-order valence-electron chi connectivity index (χ1n) is 5.00. The molecule has 0 unspecified atom stereocenters. The van der Waals surface area contributed by atoms with Crippen LogP contribution in [0.3, 0.4) is 0 Å². The number of halogens is 1. The van der Waals surface area contributed by atoms with E-state index in [1.807, 2.05) is 0 Å². The van der Waals surface area contributed by atoms with E-state index in [0.29, 0.717) is 10.9 Å². The van der Waals surface area contributed by atoms with Gasteiger partial charge in [-0.3, -0.25) is 15.5 Å². The molecular formula is C10H8FN5O2S. The molecular weight excluding hydrogens is 273 g/mol. The van der Waals surface area contributed by atoms with Crippen LogP contribution in [0.25, 0.3) is 0 Å². The van der Waals surface area contributed by atoms with Gasteiger partial charge in [0.25, 0.3) is 5.69 Å². The van der Waals surface area contributed by atoms with Crippen molar-refractivity contribution in [2.75, 3.05) is 11.2 Å². The Morgan fingerprint density at radius 3 is 3.00 bits per heavy atom. The van der Waals surface area contributed by atoms with Crippen LogP contribution < -0.4 is 11.2 Å². The Morgan fingerprint density at radius 1 is 1.58 bits per heavy atom. The van der Waals surface area contributed by atoms with Crippen molar-refractivity contribution in [2.45, 2.75) is 0 Å². The van der Waals surface area contributed by atoms with Gasteiger partial charge in [-0.2, -0.15) is 5.10 Å². The number of hydrogen-bond donors (Lipinski definition) is 2. The van der Waals surface area contributed by atoms with Gasteiger partial charge in [-0.25, -0.2) is 9.37 Å². The summed E-state index contributed by atoms with van der Waals surface area (Å²) in [5.41, 5.74) is 7.76. The van der Waals surface area contributed by atoms with E-state index in [1.54, 1.807) is 5.38 Å². The molecule has 0 aliphatic heterocycles. The highest BCUT2D eigenvalue weighted by Gasteiger charge is 2.09. The lowest BCUT2D eigenvalue weighted by molar-refractivity contribution is -0.384. The topological polar surface area (TPSA) is 106 Å². The second-order valence-electron chi connectivity index (χ2n) is 3.41. The van der Waals surface area contributed by atoms with Crippen LogP contribution in [0.2, 0.25) is 0 Å². The number of nitrogens with one attached hydrogen (secondary N) is 1. The molecule has 0 bridgehead atoms. The lowest BCUT2D eigenvalue weighted by Gasteiger charge is -1.97. The van der Waals surface area contributed by atoms with E-state index < -0.39 is 10.7 Å². The molecule has 2 aromatic rings. The predicted molar refractivity (Wildman–Crippen MR) is 70.8 cm³/mol. The fourth-order valence-corrected chi connectivity index (χ4v) is 1.79. The Morgan fingerprint density at radius 2 is 2.37 bits per heavy atom. The number of anilines is 2. The number of nitrogens with zero attached hydrogens (tertiary/aromatic N) is 3. The fraction of sp³-hybridized carbons (Fsp3) is 0. The smallest absolute Gasteiger partial charge is 0.270 e. The maximum Gasteiger partial charge on any atom is 0.270 e. The van der Waals surface area contributed by atoms with E-state index in [4.69, 9.17) is 5.73 Å². The number of aromatic nitrogens is 1. The van der Waals surface area contributed by atoms with Crippen molar-refractivity contribution in [1.29, 1.82) is 0 Å². The molecule has 1 heterocycles. The number of rotatable bonds is 4. The minimum Gasteiger partial charge on any atom is -0.383 e. The Kier molecular flexibility index (Phi) is 3.66. The predicted octanol–water partition coefficient (Wildman–Crippen LogP) is 2.22. The number of non-ortho nitro benzene ring substituents is 1. The number of nitrogen functional groups attached to an aromatic ring is 1. The zero-order valence-corrected chi connectivity index (χ0v) is 10.2. The van der Waals surface area contributed by atoms with Gasteiger partial charge >= 0.3 is 0 Å². The molecule has 0 aliphatic carbocycles. The van der Waals surface area contributed by atoms with Gasteiger partial charge in [-0.05, 0) is 6.07 Å². The molecule has 0 saturated heterocycles. The monoisotopic (exact) mass is 281 g/mol. The zero-order chi connectivity index (χ0) is 13.8. The molecule has 3 N–H and O–H groups in total. The number of nitrogens with two attached hydrogens (primary N) is 1. The van der Waals surface area contributed by atoms with Crippen LogP contribution in [0.15, 0.2) is 28.7 Å². The lowest BCUT2D eigenvalue weighted by atomic mass is 10.2. The number of thiazole rings is 1. The van der Waals surface area contributed by atoms with Crippen LogP contribution in [0.1, 0.15) is 5.56 Å². The number of benzene rings is 1. The summed E-state index contributed by atoms with van der Waals surface area (Å²) in [6, 6.07) is 3.19. The van der Waals surface area contributed by atoms with Gasteiger partial charge < -0.3 is 5.73 Å². The highest BCUT2D eigenvalue weighted by molar-refractivity contribution is 7.14. The van der Waals surface area contributed by atoms with Crippen LogP contribution in [-0.2, 0) is 0 Å². The molecule has 1 aromatic carbocycles. The summed E-state index contributed by atoms with van der Waals surface area (Å²) in [4.78, 5) is 13.8. The van der Waals surface area contributed by atoms with Crippen molar-refractivity contribution >= 4 is 34.2 Å². The summed E-state index contributed by atoms with van der Waals surface area (Å²) in [5, 5.41) is 16.4. The third kappa shape index (κ3) is 3.22. The minimum atomic E-state index is -0.605. The average Bonchev–Trinajstić information content (AvgIpc) is 2.77. The van der Waals surface area contributed by atoms with E-state index >= 15 is 0 Å². The highest BCUT2D eigenvalue weighted by Crippen LogP contribution is 2.17. The number of nitro benzene ring substituents is 1. The van der Waals surface area contributed by atoms with Crippen molar-refractivity contribution in [1.82, 2.24) is 4.98 Å². The second-order valence-corrected chi connectivity index (χ2v) is 4.27. The normalized spacial score (nSPS) is 10.8. The molecule has 0 amide bonds. The van der Waals surface area contributed by atoms with Crippen molar-refractivity contribution in [3.8, 4) is 0 Å². The van der Waals surface area contributed by atoms with E-state index in [2.05, 4.69) is 15.5 Å². The van der Waals surface area contributed by atoms with Crippen LogP contribution in [0.5, 0.6) is 0 Å². The van der Waals surface area contributed by atoms with Gasteiger partial charge in [0.2, 0.25) is 5.13 Å². The van der Waals surface area contributed by atoms with Gasteiger partial charge in [-0.1, -0.05) is 0 Å². The van der Waals surface area contributed by atoms with Crippen LogP contribution in [-0.4, -0.2) is 16.1 Å². The van der Waals surface area contributed by atoms with Crippen LogP contribution in [0.4, 0.5) is 21.0 Å². The Bertz CT molecular complexity index is 643. The first-order chi connectivity index (χ1) is 9.06. The van der Waals surface area contributed by atoms with Crippen LogP contribution in [0, 0.1) is 15.9 Å². The number of nitro groups is 1. The van der Waals surface area contributed by atoms with E-state index in [9.17, 15) is 14.5 Å². The summed E-state index contributed by atoms with van der Waals surface area (Å²) < 4.78 is 13.4. The summed E-state index contributed by atoms with van der Waals surface area (Å²) in [7, 11) is 0. The maximum atomic E-state index is 13.4. The molecule has 7 nitrogen and oxygen atoms in total. The van der Waals surface area contributed by atoms with Crippen LogP contribution >= 0.6 is 11.3 Å². The highest BCUT2D eigenvalue weighted by atomic mass is 32.1. The third-order valence-electron chi connectivity index (χ3n) is 2.08. The van der Waals surface area contributed by atoms with Crippen molar-refractivity contribution in [3.63, 3.8) is 0 Å². The van der Waals surface area contributed by atoms with Gasteiger partial charge in [-0.15, -0.1) is 11.3 Å². The molecule has 2 rings (SSSR count). The third-order valence-corrected chi connectivity index (χ3v) is 2.84. The first-order valence-corrected chi connectivity index (χ1v) is 5.88. The molecule has 0 saturated carbocycles. The van der Waals surface area contributed by atoms with E-state index in [1.165, 1.54) is 11.3 Å². The van der Waals surface area contributed by atoms with Crippen molar-refractivity contribution in [3.05, 3.63) is 45.1 Å². The Balaban J connectivity index is 2.13. The summed E-state index contributed by atoms with van der Waals surface area (Å²) in [6.07, 6.45) is 1.14. The second kappa shape index (κ2) is 5.40. The van der Waals surface area contributed by atoms with Gasteiger partial charge in [0.1, 0.15) is 11.6 Å². The van der Waals surface area contributed by atoms with Gasteiger partial charge in [0, 0.05) is 23.1 Å². The number of hydrazone groups is 1. The molecule has 0 atom stereocenters. The lowest BCUT2D eigenvalue weighted by Crippen LogP contribution is -1.96. The minimum absolute atomic E-state index is 0.00577. The van der Waals surface area contributed by atoms with Crippen molar-refractivity contribution in [2.24, 2.45) is 5.10 Å². The molecule has 98 valence electrons.